The van der Waals surface area contributed by atoms with E-state index in [-0.39, 0.29) is 11.1 Å². The highest BCUT2D eigenvalue weighted by Gasteiger charge is 2.14. The minimum absolute atomic E-state index is 0.272. The minimum Gasteiger partial charge on any atom is -0.267 e. The third-order valence-corrected chi connectivity index (χ3v) is 4.21. The fourth-order valence-corrected chi connectivity index (χ4v) is 2.56. The summed E-state index contributed by atoms with van der Waals surface area (Å²) in [5.74, 6) is -1.00. The lowest BCUT2D eigenvalue weighted by atomic mass is 10.2. The summed E-state index contributed by atoms with van der Waals surface area (Å²) in [6.07, 6.45) is 1.89. The number of halogens is 2. The molecule has 2 amide bonds. The molecule has 0 heterocycles. The van der Waals surface area contributed by atoms with Gasteiger partial charge in [0.2, 0.25) is 0 Å². The van der Waals surface area contributed by atoms with Gasteiger partial charge in [-0.3, -0.25) is 20.4 Å². The van der Waals surface area contributed by atoms with Gasteiger partial charge in [-0.15, -0.1) is 11.8 Å². The summed E-state index contributed by atoms with van der Waals surface area (Å²) in [4.78, 5) is 25.0. The lowest BCUT2D eigenvalue weighted by molar-refractivity contribution is 0.0846. The van der Waals surface area contributed by atoms with Crippen molar-refractivity contribution in [1.82, 2.24) is 10.9 Å². The number of amides is 2. The van der Waals surface area contributed by atoms with Crippen molar-refractivity contribution in [1.29, 1.82) is 0 Å². The van der Waals surface area contributed by atoms with Gasteiger partial charge in [-0.25, -0.2) is 0 Å². The van der Waals surface area contributed by atoms with E-state index in [2.05, 4.69) is 10.9 Å². The van der Waals surface area contributed by atoms with Crippen molar-refractivity contribution in [2.45, 2.75) is 4.90 Å². The average molecular weight is 355 g/mol. The second-order valence-corrected chi connectivity index (χ2v) is 5.93. The highest BCUT2D eigenvalue weighted by atomic mass is 35.5. The molecule has 2 aromatic carbocycles. The molecule has 0 radical (unpaired) electrons. The van der Waals surface area contributed by atoms with Crippen LogP contribution in [0.5, 0.6) is 0 Å². The average Bonchev–Trinajstić information content (AvgIpc) is 2.53. The van der Waals surface area contributed by atoms with E-state index in [0.717, 1.165) is 4.90 Å². The lowest BCUT2D eigenvalue weighted by Crippen LogP contribution is -2.41. The Bertz CT molecular complexity index is 722. The predicted molar refractivity (Wildman–Crippen MR) is 89.6 cm³/mol. The first kappa shape index (κ1) is 16.7. The number of rotatable bonds is 3. The Morgan fingerprint density at radius 2 is 1.50 bits per heavy atom. The van der Waals surface area contributed by atoms with E-state index in [1.54, 1.807) is 36.4 Å². The normalized spacial score (nSPS) is 10.1. The molecule has 0 saturated carbocycles. The Hall–Kier alpha value is -1.69. The summed E-state index contributed by atoms with van der Waals surface area (Å²) in [5.41, 5.74) is 5.20. The first-order valence-electron chi connectivity index (χ1n) is 6.21. The second-order valence-electron chi connectivity index (χ2n) is 4.23. The van der Waals surface area contributed by atoms with Gasteiger partial charge in [-0.2, -0.15) is 0 Å². The SMILES string of the molecule is CSc1ccc(Cl)c(C(=O)NNC(=O)c2ccccc2Cl)c1. The molecular formula is C15H12Cl2N2O2S. The van der Waals surface area contributed by atoms with E-state index >= 15 is 0 Å². The van der Waals surface area contributed by atoms with Gasteiger partial charge >= 0.3 is 0 Å². The van der Waals surface area contributed by atoms with Crippen molar-refractivity contribution >= 4 is 46.8 Å². The van der Waals surface area contributed by atoms with E-state index in [1.165, 1.54) is 11.8 Å². The number of hydrogen-bond acceptors (Lipinski definition) is 3. The maximum absolute atomic E-state index is 12.1. The Morgan fingerprint density at radius 3 is 2.14 bits per heavy atom. The number of hydrazine groups is 1. The molecule has 2 rings (SSSR count). The standard InChI is InChI=1S/C15H12Cl2N2O2S/c1-22-9-6-7-13(17)11(8-9)15(21)19-18-14(20)10-4-2-3-5-12(10)16/h2-8H,1H3,(H,18,20)(H,19,21). The van der Waals surface area contributed by atoms with Crippen LogP contribution in [0, 0.1) is 0 Å². The molecule has 0 bridgehead atoms. The summed E-state index contributed by atoms with van der Waals surface area (Å²) >= 11 is 13.4. The molecule has 0 aliphatic carbocycles. The molecule has 7 heteroatoms. The van der Waals surface area contributed by atoms with Crippen molar-refractivity contribution in [3.63, 3.8) is 0 Å². The Kier molecular flexibility index (Phi) is 5.71. The maximum Gasteiger partial charge on any atom is 0.271 e. The quantitative estimate of drug-likeness (QED) is 0.651. The van der Waals surface area contributed by atoms with Crippen LogP contribution < -0.4 is 10.9 Å². The Labute approximate surface area is 142 Å². The number of carbonyl (C=O) groups is 2. The first-order valence-corrected chi connectivity index (χ1v) is 8.19. The van der Waals surface area contributed by atoms with Crippen molar-refractivity contribution in [3.8, 4) is 0 Å². The summed E-state index contributed by atoms with van der Waals surface area (Å²) in [7, 11) is 0. The van der Waals surface area contributed by atoms with E-state index in [0.29, 0.717) is 10.0 Å². The van der Waals surface area contributed by atoms with Gasteiger partial charge in [0.05, 0.1) is 21.2 Å². The van der Waals surface area contributed by atoms with Crippen LogP contribution in [0.1, 0.15) is 20.7 Å². The van der Waals surface area contributed by atoms with E-state index < -0.39 is 11.8 Å². The lowest BCUT2D eigenvalue weighted by Gasteiger charge is -2.10. The smallest absolute Gasteiger partial charge is 0.267 e. The highest BCUT2D eigenvalue weighted by Crippen LogP contribution is 2.22. The third-order valence-electron chi connectivity index (χ3n) is 2.83. The Morgan fingerprint density at radius 1 is 0.909 bits per heavy atom. The molecule has 0 fully saturated rings. The molecule has 2 aromatic rings. The van der Waals surface area contributed by atoms with Crippen LogP contribution in [0.25, 0.3) is 0 Å². The molecule has 0 spiro atoms. The zero-order valence-electron chi connectivity index (χ0n) is 11.5. The van der Waals surface area contributed by atoms with Crippen LogP contribution in [0.3, 0.4) is 0 Å². The number of carbonyl (C=O) groups excluding carboxylic acids is 2. The van der Waals surface area contributed by atoms with Crippen LogP contribution in [0.2, 0.25) is 10.0 Å². The van der Waals surface area contributed by atoms with E-state index in [1.807, 2.05) is 12.3 Å². The predicted octanol–water partition coefficient (Wildman–Crippen LogP) is 3.79. The molecule has 114 valence electrons. The van der Waals surface area contributed by atoms with E-state index in [9.17, 15) is 9.59 Å². The van der Waals surface area contributed by atoms with Gasteiger partial charge in [-0.1, -0.05) is 35.3 Å². The van der Waals surface area contributed by atoms with Gasteiger partial charge in [0.1, 0.15) is 0 Å². The highest BCUT2D eigenvalue weighted by molar-refractivity contribution is 7.98. The molecule has 0 aliphatic rings. The summed E-state index contributed by atoms with van der Waals surface area (Å²) in [5, 5.41) is 0.610. The number of nitrogens with one attached hydrogen (secondary N) is 2. The monoisotopic (exact) mass is 354 g/mol. The molecule has 0 unspecified atom stereocenters. The molecular weight excluding hydrogens is 343 g/mol. The van der Waals surface area contributed by atoms with Crippen molar-refractivity contribution in [2.75, 3.05) is 6.26 Å². The topological polar surface area (TPSA) is 58.2 Å². The Balaban J connectivity index is 2.07. The fourth-order valence-electron chi connectivity index (χ4n) is 1.70. The molecule has 4 nitrogen and oxygen atoms in total. The first-order chi connectivity index (χ1) is 10.5. The van der Waals surface area contributed by atoms with Crippen LogP contribution in [-0.2, 0) is 0 Å². The second kappa shape index (κ2) is 7.54. The van der Waals surface area contributed by atoms with Crippen molar-refractivity contribution < 1.29 is 9.59 Å². The largest absolute Gasteiger partial charge is 0.271 e. The number of benzene rings is 2. The zero-order chi connectivity index (χ0) is 16.1. The zero-order valence-corrected chi connectivity index (χ0v) is 13.9. The van der Waals surface area contributed by atoms with Gasteiger partial charge in [0.15, 0.2) is 0 Å². The summed E-state index contributed by atoms with van der Waals surface area (Å²) in [6, 6.07) is 11.7. The number of hydrogen-bond donors (Lipinski definition) is 2. The van der Waals surface area contributed by atoms with Crippen LogP contribution in [0.4, 0.5) is 0 Å². The molecule has 22 heavy (non-hydrogen) atoms. The molecule has 0 aliphatic heterocycles. The van der Waals surface area contributed by atoms with E-state index in [4.69, 9.17) is 23.2 Å². The summed E-state index contributed by atoms with van der Waals surface area (Å²) < 4.78 is 0. The fraction of sp³-hybridized carbons (Fsp3) is 0.0667. The summed E-state index contributed by atoms with van der Waals surface area (Å²) in [6.45, 7) is 0. The minimum atomic E-state index is -0.504. The third kappa shape index (κ3) is 3.94. The van der Waals surface area contributed by atoms with Crippen LogP contribution in [0.15, 0.2) is 47.4 Å². The van der Waals surface area contributed by atoms with Gasteiger partial charge in [0, 0.05) is 4.90 Å². The van der Waals surface area contributed by atoms with Crippen LogP contribution in [-0.4, -0.2) is 18.1 Å². The molecule has 0 aromatic heterocycles. The van der Waals surface area contributed by atoms with Crippen molar-refractivity contribution in [3.05, 3.63) is 63.6 Å². The van der Waals surface area contributed by atoms with Crippen molar-refractivity contribution in [2.24, 2.45) is 0 Å². The van der Waals surface area contributed by atoms with Crippen LogP contribution >= 0.6 is 35.0 Å². The molecule has 0 saturated heterocycles. The van der Waals surface area contributed by atoms with Gasteiger partial charge in [0.25, 0.3) is 11.8 Å². The maximum atomic E-state index is 12.1. The van der Waals surface area contributed by atoms with Gasteiger partial charge < -0.3 is 0 Å². The molecule has 0 atom stereocenters. The number of thioether (sulfide) groups is 1. The molecule has 2 N–H and O–H groups in total. The van der Waals surface area contributed by atoms with Gasteiger partial charge in [-0.05, 0) is 36.6 Å².